The van der Waals surface area contributed by atoms with E-state index in [9.17, 15) is 0 Å². The standard InChI is InChI=1S/C51H31N3O3.C44H28N2OS/c1-2-12-32(13-3-1)40-28-35(31-50-51(40)39-16-6-10-20-46(39)56-50)53(42-26-27-52-41-17-7-4-15-38(41)42)33-23-25-44-49(30-33)57-47-21-11-8-18-43(47)54(44)34-22-24-37-36-14-5-9-19-45(36)55-48(37)29-34;1-2-13-30(14-3-1)45(40-26-29-12-4-5-15-33(29)34-16-6-7-17-35(34)40)32-23-25-39-44(28-32)48-43-21-11-9-19-38(43)46(39)31-22-24-37-36-18-8-10-20-41(36)47-42(37)27-31/h1-31H;1-28H. The minimum Gasteiger partial charge on any atom is -0.456 e. The summed E-state index contributed by atoms with van der Waals surface area (Å²) in [6, 6.07) is 124. The quantitative estimate of drug-likeness (QED) is 0.130. The van der Waals surface area contributed by atoms with E-state index in [0.29, 0.717) is 0 Å². The Labute approximate surface area is 607 Å². The average Bonchev–Trinajstić information content (AvgIpc) is 1.69. The van der Waals surface area contributed by atoms with E-state index in [1.165, 1.54) is 37.0 Å². The van der Waals surface area contributed by atoms with Crippen molar-refractivity contribution in [2.75, 3.05) is 19.6 Å². The zero-order valence-electron chi connectivity index (χ0n) is 56.3. The van der Waals surface area contributed by atoms with Crippen LogP contribution in [0, 0.1) is 0 Å². The Kier molecular flexibility index (Phi) is 14.0. The number of pyridine rings is 1. The minimum absolute atomic E-state index is 0.729. The van der Waals surface area contributed by atoms with Crippen molar-refractivity contribution in [2.24, 2.45) is 0 Å². The largest absolute Gasteiger partial charge is 0.456 e. The molecular weight excluding hydrogens is 1310 g/mol. The topological polar surface area (TPSA) is 74.5 Å². The molecule has 16 aromatic carbocycles. The van der Waals surface area contributed by atoms with Gasteiger partial charge in [-0.05, 0) is 161 Å². The van der Waals surface area contributed by atoms with Crippen molar-refractivity contribution < 1.29 is 18.0 Å². The predicted molar refractivity (Wildman–Crippen MR) is 433 cm³/mol. The first-order valence-corrected chi connectivity index (χ1v) is 36.0. The number of aromatic nitrogens is 1. The summed E-state index contributed by atoms with van der Waals surface area (Å²) in [5.41, 5.74) is 20.7. The molecule has 0 unspecified atom stereocenters. The molecular formula is C95H59N5O4S. The molecule has 0 amide bonds. The molecule has 105 heavy (non-hydrogen) atoms. The van der Waals surface area contributed by atoms with Crippen LogP contribution in [0.4, 0.5) is 68.2 Å². The highest BCUT2D eigenvalue weighted by Crippen LogP contribution is 2.57. The minimum atomic E-state index is 0.729. The second kappa shape index (κ2) is 24.5. The molecule has 20 aromatic rings. The summed E-state index contributed by atoms with van der Waals surface area (Å²) >= 11 is 1.82. The Bertz CT molecular complexity index is 6860. The van der Waals surface area contributed by atoms with Gasteiger partial charge in [0.25, 0.3) is 0 Å². The van der Waals surface area contributed by atoms with Crippen LogP contribution in [-0.4, -0.2) is 4.98 Å². The second-order valence-corrected chi connectivity index (χ2v) is 27.6. The fourth-order valence-electron chi connectivity index (χ4n) is 15.8. The number of fused-ring (bicyclic) bond motifs is 17. The summed E-state index contributed by atoms with van der Waals surface area (Å²) in [7, 11) is 0. The number of hydrogen-bond acceptors (Lipinski definition) is 10. The van der Waals surface area contributed by atoms with Crippen LogP contribution >= 0.6 is 11.8 Å². The van der Waals surface area contributed by atoms with Gasteiger partial charge in [-0.3, -0.25) is 4.98 Å². The molecule has 2 aliphatic heterocycles. The van der Waals surface area contributed by atoms with E-state index in [-0.39, 0.29) is 0 Å². The van der Waals surface area contributed by atoms with Crippen molar-refractivity contribution in [1.29, 1.82) is 0 Å². The van der Waals surface area contributed by atoms with Gasteiger partial charge in [0.05, 0.1) is 56.7 Å². The molecule has 0 aliphatic carbocycles. The van der Waals surface area contributed by atoms with Crippen LogP contribution in [0.2, 0.25) is 0 Å². The molecule has 6 heterocycles. The zero-order chi connectivity index (χ0) is 69.1. The van der Waals surface area contributed by atoms with Gasteiger partial charge >= 0.3 is 0 Å². The first-order chi connectivity index (χ1) is 52.0. The lowest BCUT2D eigenvalue weighted by molar-refractivity contribution is 0.477. The summed E-state index contributed by atoms with van der Waals surface area (Å²) in [4.78, 5) is 16.5. The molecule has 22 rings (SSSR count). The van der Waals surface area contributed by atoms with Crippen LogP contribution < -0.4 is 24.3 Å². The van der Waals surface area contributed by atoms with Crippen molar-refractivity contribution in [2.45, 2.75) is 9.79 Å². The Morgan fingerprint density at radius 1 is 0.286 bits per heavy atom. The lowest BCUT2D eigenvalue weighted by atomic mass is 9.98. The number of ether oxygens (including phenoxy) is 1. The maximum atomic E-state index is 6.80. The highest BCUT2D eigenvalue weighted by atomic mass is 32.2. The van der Waals surface area contributed by atoms with Gasteiger partial charge in [0.2, 0.25) is 0 Å². The molecule has 0 saturated carbocycles. The van der Waals surface area contributed by atoms with Crippen LogP contribution in [0.5, 0.6) is 11.5 Å². The molecule has 10 heteroatoms. The lowest BCUT2D eigenvalue weighted by Crippen LogP contribution is -2.17. The normalized spacial score (nSPS) is 12.4. The van der Waals surface area contributed by atoms with E-state index >= 15 is 0 Å². The van der Waals surface area contributed by atoms with Crippen molar-refractivity contribution in [1.82, 2.24) is 4.98 Å². The zero-order valence-corrected chi connectivity index (χ0v) is 57.2. The third kappa shape index (κ3) is 10.1. The Hall–Kier alpha value is -13.8. The fourth-order valence-corrected chi connectivity index (χ4v) is 16.9. The predicted octanol–water partition coefficient (Wildman–Crippen LogP) is 28.0. The number of anilines is 12. The van der Waals surface area contributed by atoms with Crippen molar-refractivity contribution in [3.63, 3.8) is 0 Å². The van der Waals surface area contributed by atoms with Gasteiger partial charge in [-0.1, -0.05) is 206 Å². The monoisotopic (exact) mass is 1370 g/mol. The first-order valence-electron chi connectivity index (χ1n) is 35.2. The van der Waals surface area contributed by atoms with Crippen LogP contribution in [0.1, 0.15) is 0 Å². The smallest absolute Gasteiger partial charge is 0.153 e. The van der Waals surface area contributed by atoms with Crippen molar-refractivity contribution >= 4 is 178 Å². The number of nitrogens with zero attached hydrogens (tertiary/aromatic N) is 5. The molecule has 494 valence electrons. The average molecular weight is 1370 g/mol. The molecule has 9 nitrogen and oxygen atoms in total. The second-order valence-electron chi connectivity index (χ2n) is 26.5. The fraction of sp³-hybridized carbons (Fsp3) is 0. The molecule has 0 atom stereocenters. The van der Waals surface area contributed by atoms with Gasteiger partial charge < -0.3 is 37.6 Å². The van der Waals surface area contributed by atoms with Gasteiger partial charge in [0.1, 0.15) is 33.5 Å². The lowest BCUT2D eigenvalue weighted by Gasteiger charge is -2.34. The van der Waals surface area contributed by atoms with Gasteiger partial charge in [-0.2, -0.15) is 0 Å². The number of para-hydroxylation sites is 8. The number of furan rings is 3. The highest BCUT2D eigenvalue weighted by Gasteiger charge is 2.31. The molecule has 0 fully saturated rings. The first kappa shape index (κ1) is 60.0. The number of benzene rings is 16. The van der Waals surface area contributed by atoms with Gasteiger partial charge in [0, 0.05) is 100 Å². The summed E-state index contributed by atoms with van der Waals surface area (Å²) in [6.45, 7) is 0. The Balaban J connectivity index is 0.000000137. The molecule has 0 spiro atoms. The molecule has 0 radical (unpaired) electrons. The molecule has 0 saturated heterocycles. The highest BCUT2D eigenvalue weighted by molar-refractivity contribution is 7.99. The van der Waals surface area contributed by atoms with E-state index in [4.69, 9.17) is 23.0 Å². The Morgan fingerprint density at radius 2 is 0.810 bits per heavy atom. The van der Waals surface area contributed by atoms with Crippen molar-refractivity contribution in [3.8, 4) is 22.6 Å². The van der Waals surface area contributed by atoms with E-state index in [2.05, 4.69) is 305 Å². The Morgan fingerprint density at radius 3 is 1.55 bits per heavy atom. The van der Waals surface area contributed by atoms with E-state index in [1.54, 1.807) is 0 Å². The van der Waals surface area contributed by atoms with E-state index in [0.717, 1.165) is 162 Å². The van der Waals surface area contributed by atoms with Crippen LogP contribution in [0.15, 0.2) is 381 Å². The maximum absolute atomic E-state index is 6.80. The SMILES string of the molecule is c1ccc(-c2cc(N(c3ccc4c(c3)Oc3ccccc3N4c3ccc4c(c3)oc3ccccc34)c3ccnc4ccccc34)cc3oc4ccccc4c23)cc1.c1ccc(N(c2ccc3c(c2)Sc2ccccc2N3c2ccc3c(c2)oc2ccccc23)c2cc3ccccc3c3ccccc23)cc1. The van der Waals surface area contributed by atoms with Crippen LogP contribution in [-0.2, 0) is 0 Å². The van der Waals surface area contributed by atoms with Gasteiger partial charge in [0.15, 0.2) is 11.5 Å². The van der Waals surface area contributed by atoms with Crippen LogP contribution in [0.25, 0.3) is 109 Å². The van der Waals surface area contributed by atoms with E-state index in [1.807, 2.05) is 84.7 Å². The molecule has 4 aromatic heterocycles. The summed E-state index contributed by atoms with van der Waals surface area (Å²) < 4.78 is 26.1. The molecule has 0 bridgehead atoms. The van der Waals surface area contributed by atoms with Gasteiger partial charge in [-0.25, -0.2) is 0 Å². The summed E-state index contributed by atoms with van der Waals surface area (Å²) in [5.74, 6) is 1.50. The maximum Gasteiger partial charge on any atom is 0.153 e. The van der Waals surface area contributed by atoms with Gasteiger partial charge in [-0.15, -0.1) is 0 Å². The number of rotatable bonds is 9. The third-order valence-electron chi connectivity index (χ3n) is 20.5. The van der Waals surface area contributed by atoms with E-state index < -0.39 is 0 Å². The third-order valence-corrected chi connectivity index (χ3v) is 21.6. The molecule has 0 N–H and O–H groups in total. The number of hydrogen-bond donors (Lipinski definition) is 0. The summed E-state index contributed by atoms with van der Waals surface area (Å²) in [5, 5.41) is 12.6. The van der Waals surface area contributed by atoms with Crippen molar-refractivity contribution in [3.05, 3.63) is 358 Å². The summed E-state index contributed by atoms with van der Waals surface area (Å²) in [6.07, 6.45) is 1.88. The van der Waals surface area contributed by atoms with Crippen LogP contribution in [0.3, 0.4) is 0 Å². The molecule has 2 aliphatic rings.